The van der Waals surface area contributed by atoms with Crippen molar-refractivity contribution in [1.82, 2.24) is 4.98 Å². The third kappa shape index (κ3) is 2.66. The molecule has 0 bridgehead atoms. The minimum atomic E-state index is -0.637. The summed E-state index contributed by atoms with van der Waals surface area (Å²) >= 11 is 0. The Morgan fingerprint density at radius 2 is 1.75 bits per heavy atom. The van der Waals surface area contributed by atoms with Gasteiger partial charge in [-0.3, -0.25) is 0 Å². The average Bonchev–Trinajstić information content (AvgIpc) is 2.75. The van der Waals surface area contributed by atoms with Gasteiger partial charge in [0.25, 0.3) is 0 Å². The molecule has 0 aliphatic rings. The molecule has 2 aromatic rings. The Kier molecular flexibility index (Phi) is 3.53. The van der Waals surface area contributed by atoms with Crippen LogP contribution in [0.1, 0.15) is 41.6 Å². The molecule has 0 aliphatic heterocycles. The lowest BCUT2D eigenvalue weighted by Gasteiger charge is -2.19. The predicted octanol–water partition coefficient (Wildman–Crippen LogP) is 2.91. The van der Waals surface area contributed by atoms with Crippen molar-refractivity contribution in [1.29, 1.82) is 0 Å². The van der Waals surface area contributed by atoms with E-state index in [1.165, 1.54) is 7.11 Å². The summed E-state index contributed by atoms with van der Waals surface area (Å²) in [4.78, 5) is 27.1. The lowest BCUT2D eigenvalue weighted by molar-refractivity contribution is 0.00597. The maximum Gasteiger partial charge on any atom is 0.356 e. The molecule has 20 heavy (non-hydrogen) atoms. The number of ether oxygens (including phenoxy) is 2. The fourth-order valence-corrected chi connectivity index (χ4v) is 1.94. The Morgan fingerprint density at radius 3 is 2.35 bits per heavy atom. The van der Waals surface area contributed by atoms with Crippen molar-refractivity contribution < 1.29 is 19.1 Å². The summed E-state index contributed by atoms with van der Waals surface area (Å²) < 4.78 is 10.1. The Bertz CT molecular complexity index is 664. The number of H-pyrrole nitrogens is 1. The molecule has 0 radical (unpaired) electrons. The lowest BCUT2D eigenvalue weighted by Crippen LogP contribution is -2.25. The highest BCUT2D eigenvalue weighted by molar-refractivity contribution is 6.12. The van der Waals surface area contributed by atoms with E-state index in [0.717, 1.165) is 0 Å². The van der Waals surface area contributed by atoms with Crippen LogP contribution in [-0.2, 0) is 9.47 Å². The van der Waals surface area contributed by atoms with Gasteiger partial charge in [-0.2, -0.15) is 0 Å². The summed E-state index contributed by atoms with van der Waals surface area (Å²) in [6, 6.07) is 7.15. The first-order valence-electron chi connectivity index (χ1n) is 6.26. The summed E-state index contributed by atoms with van der Waals surface area (Å²) in [5.41, 5.74) is 0.376. The molecule has 2 rings (SSSR count). The zero-order valence-corrected chi connectivity index (χ0v) is 11.9. The van der Waals surface area contributed by atoms with E-state index in [1.54, 1.807) is 39.0 Å². The van der Waals surface area contributed by atoms with Crippen molar-refractivity contribution in [3.8, 4) is 0 Å². The molecule has 1 aromatic heterocycles. The third-order valence-electron chi connectivity index (χ3n) is 2.70. The summed E-state index contributed by atoms with van der Waals surface area (Å²) in [7, 11) is 1.28. The number of aromatic amines is 1. The second-order valence-electron chi connectivity index (χ2n) is 5.41. The van der Waals surface area contributed by atoms with Crippen molar-refractivity contribution >= 4 is 22.8 Å². The quantitative estimate of drug-likeness (QED) is 0.856. The van der Waals surface area contributed by atoms with Gasteiger partial charge >= 0.3 is 11.9 Å². The zero-order chi connectivity index (χ0) is 14.9. The van der Waals surface area contributed by atoms with Crippen LogP contribution < -0.4 is 0 Å². The molecule has 0 atom stereocenters. The van der Waals surface area contributed by atoms with Gasteiger partial charge in [-0.15, -0.1) is 0 Å². The monoisotopic (exact) mass is 275 g/mol. The van der Waals surface area contributed by atoms with Gasteiger partial charge in [0.2, 0.25) is 0 Å². The number of fused-ring (bicyclic) bond motifs is 1. The van der Waals surface area contributed by atoms with E-state index in [1.807, 2.05) is 6.07 Å². The topological polar surface area (TPSA) is 68.4 Å². The van der Waals surface area contributed by atoms with Gasteiger partial charge in [-0.25, -0.2) is 9.59 Å². The van der Waals surface area contributed by atoms with Crippen LogP contribution in [0.5, 0.6) is 0 Å². The van der Waals surface area contributed by atoms with Crippen LogP contribution in [-0.4, -0.2) is 29.6 Å². The van der Waals surface area contributed by atoms with E-state index >= 15 is 0 Å². The van der Waals surface area contributed by atoms with E-state index in [4.69, 9.17) is 9.47 Å². The molecular formula is C15H17NO4. The van der Waals surface area contributed by atoms with Crippen LogP contribution in [0.3, 0.4) is 0 Å². The summed E-state index contributed by atoms with van der Waals surface area (Å²) in [5, 5.41) is 0.639. The largest absolute Gasteiger partial charge is 0.465 e. The normalized spacial score (nSPS) is 11.4. The summed E-state index contributed by atoms with van der Waals surface area (Å²) in [5.74, 6) is -1.14. The number of carbonyl (C=O) groups is 2. The Labute approximate surface area is 116 Å². The molecule has 1 heterocycles. The highest BCUT2D eigenvalue weighted by Crippen LogP contribution is 2.25. The number of hydrogen-bond acceptors (Lipinski definition) is 4. The molecule has 0 saturated carbocycles. The number of para-hydroxylation sites is 1. The Balaban J connectivity index is 2.57. The van der Waals surface area contributed by atoms with Crippen molar-refractivity contribution in [3.63, 3.8) is 0 Å². The van der Waals surface area contributed by atoms with Crippen LogP contribution in [0.25, 0.3) is 10.9 Å². The highest BCUT2D eigenvalue weighted by atomic mass is 16.6. The van der Waals surface area contributed by atoms with E-state index < -0.39 is 17.5 Å². The number of benzene rings is 1. The molecule has 1 aromatic carbocycles. The molecule has 0 fully saturated rings. The van der Waals surface area contributed by atoms with Crippen LogP contribution in [0.4, 0.5) is 0 Å². The predicted molar refractivity (Wildman–Crippen MR) is 74.8 cm³/mol. The number of rotatable bonds is 2. The smallest absolute Gasteiger partial charge is 0.356 e. The molecule has 106 valence electrons. The number of nitrogens with one attached hydrogen (secondary N) is 1. The van der Waals surface area contributed by atoms with Crippen LogP contribution in [0.15, 0.2) is 24.3 Å². The number of methoxy groups -OCH3 is 1. The Hall–Kier alpha value is -2.30. The van der Waals surface area contributed by atoms with Crippen molar-refractivity contribution in [3.05, 3.63) is 35.5 Å². The highest BCUT2D eigenvalue weighted by Gasteiger charge is 2.27. The second kappa shape index (κ2) is 5.00. The fourth-order valence-electron chi connectivity index (χ4n) is 1.94. The molecule has 5 nitrogen and oxygen atoms in total. The van der Waals surface area contributed by atoms with Gasteiger partial charge in [0.05, 0.1) is 12.7 Å². The average molecular weight is 275 g/mol. The van der Waals surface area contributed by atoms with Gasteiger partial charge < -0.3 is 14.5 Å². The minimum absolute atomic E-state index is 0.118. The molecule has 0 unspecified atom stereocenters. The molecular weight excluding hydrogens is 258 g/mol. The number of hydrogen-bond donors (Lipinski definition) is 1. The van der Waals surface area contributed by atoms with Gasteiger partial charge in [-0.1, -0.05) is 18.2 Å². The molecule has 0 aliphatic carbocycles. The van der Waals surface area contributed by atoms with E-state index in [9.17, 15) is 9.59 Å². The van der Waals surface area contributed by atoms with Crippen molar-refractivity contribution in [2.75, 3.05) is 7.11 Å². The first-order valence-corrected chi connectivity index (χ1v) is 6.26. The van der Waals surface area contributed by atoms with E-state index in [-0.39, 0.29) is 11.3 Å². The van der Waals surface area contributed by atoms with Crippen LogP contribution in [0, 0.1) is 0 Å². The van der Waals surface area contributed by atoms with Crippen LogP contribution >= 0.6 is 0 Å². The van der Waals surface area contributed by atoms with E-state index in [0.29, 0.717) is 10.9 Å². The number of aromatic nitrogens is 1. The molecule has 5 heteroatoms. The van der Waals surface area contributed by atoms with Gasteiger partial charge in [0.15, 0.2) is 0 Å². The summed E-state index contributed by atoms with van der Waals surface area (Å²) in [6.07, 6.45) is 0. The minimum Gasteiger partial charge on any atom is -0.465 e. The fraction of sp³-hybridized carbons (Fsp3) is 0.333. The molecule has 0 amide bonds. The summed E-state index contributed by atoms with van der Waals surface area (Å²) in [6.45, 7) is 5.31. The SMILES string of the molecule is COC(=O)c1c(C(=O)OC(C)(C)C)[nH]c2ccccc12. The third-order valence-corrected chi connectivity index (χ3v) is 2.70. The Morgan fingerprint density at radius 1 is 1.10 bits per heavy atom. The van der Waals surface area contributed by atoms with Gasteiger partial charge in [0, 0.05) is 10.9 Å². The lowest BCUT2D eigenvalue weighted by atomic mass is 10.1. The number of carbonyl (C=O) groups excluding carboxylic acids is 2. The molecule has 1 N–H and O–H groups in total. The maximum absolute atomic E-state index is 12.2. The molecule has 0 spiro atoms. The van der Waals surface area contributed by atoms with Crippen molar-refractivity contribution in [2.24, 2.45) is 0 Å². The standard InChI is InChI=1S/C15H17NO4/c1-15(2,3)20-14(18)12-11(13(17)19-4)9-7-5-6-8-10(9)16-12/h5-8,16H,1-4H3. The second-order valence-corrected chi connectivity index (χ2v) is 5.41. The maximum atomic E-state index is 12.2. The van der Waals surface area contributed by atoms with Gasteiger partial charge in [0.1, 0.15) is 11.3 Å². The first kappa shape index (κ1) is 14.1. The number of esters is 2. The zero-order valence-electron chi connectivity index (χ0n) is 11.9. The van der Waals surface area contributed by atoms with E-state index in [2.05, 4.69) is 4.98 Å². The van der Waals surface area contributed by atoms with Crippen LogP contribution in [0.2, 0.25) is 0 Å². The van der Waals surface area contributed by atoms with Crippen molar-refractivity contribution in [2.45, 2.75) is 26.4 Å². The van der Waals surface area contributed by atoms with Gasteiger partial charge in [-0.05, 0) is 26.8 Å². The first-order chi connectivity index (χ1) is 9.33. The molecule has 0 saturated heterocycles.